The monoisotopic (exact) mass is 802 g/mol. The number of aliphatic hydroxyl groups excluding tert-OH is 7. The highest BCUT2D eigenvalue weighted by molar-refractivity contribution is 5.70. The van der Waals surface area contributed by atoms with Crippen LogP contribution in [0.2, 0.25) is 0 Å². The molecule has 0 aromatic rings. The Balaban J connectivity index is 1.90. The first kappa shape index (κ1) is 49.9. The highest BCUT2D eigenvalue weighted by Gasteiger charge is 2.47. The lowest BCUT2D eigenvalue weighted by molar-refractivity contribution is -0.332. The van der Waals surface area contributed by atoms with Crippen LogP contribution < -0.4 is 0 Å². The van der Waals surface area contributed by atoms with Crippen molar-refractivity contribution in [2.45, 2.75) is 184 Å². The Morgan fingerprint density at radius 3 is 1.75 bits per heavy atom. The normalized spacial score (nSPS) is 29.0. The Hall–Kier alpha value is -2.28. The van der Waals surface area contributed by atoms with Crippen molar-refractivity contribution in [1.82, 2.24) is 0 Å². The minimum Gasteiger partial charge on any atom is -0.462 e. The lowest BCUT2D eigenvalue weighted by Crippen LogP contribution is -2.61. The Morgan fingerprint density at radius 1 is 0.589 bits per heavy atom. The van der Waals surface area contributed by atoms with Crippen LogP contribution in [0.3, 0.4) is 0 Å². The molecule has 0 bridgehead atoms. The third-order valence-corrected chi connectivity index (χ3v) is 9.69. The number of unbranched alkanes of at least 4 members (excludes halogenated alkanes) is 11. The maximum Gasteiger partial charge on any atom is 0.306 e. The topological polar surface area (TPSA) is 231 Å². The standard InChI is InChI=1S/C41H70O15/c1-3-5-7-9-11-12-13-14-15-16-18-20-22-24-33(44)54-29(26-51-32(43)23-21-19-17-10-8-6-4-2)27-52-40-39(50)37(48)35(46)31(56-40)28-53-41-38(49)36(47)34(45)30(25-42)55-41/h5,7,9,11-13,29-31,34-42,45-50H,3-4,6,8,10,14-28H2,1-2H3/b7-5+,11-9+,13-12+/t29?,30-,31-,34+,35+,36?,37?,38?,39?,40-,41-/m1/s1. The summed E-state index contributed by atoms with van der Waals surface area (Å²) in [6.45, 7) is 2.33. The third-order valence-electron chi connectivity index (χ3n) is 9.69. The number of esters is 2. The molecule has 0 aromatic heterocycles. The molecule has 0 aromatic carbocycles. The van der Waals surface area contributed by atoms with Crippen molar-refractivity contribution in [3.63, 3.8) is 0 Å². The minimum absolute atomic E-state index is 0.142. The van der Waals surface area contributed by atoms with Crippen molar-refractivity contribution in [2.24, 2.45) is 0 Å². The van der Waals surface area contributed by atoms with Crippen LogP contribution in [0, 0.1) is 0 Å². The van der Waals surface area contributed by atoms with Gasteiger partial charge in [-0.2, -0.15) is 0 Å². The zero-order chi connectivity index (χ0) is 41.1. The Labute approximate surface area is 332 Å². The summed E-state index contributed by atoms with van der Waals surface area (Å²) in [5.41, 5.74) is 0. The van der Waals surface area contributed by atoms with Crippen molar-refractivity contribution >= 4 is 11.9 Å². The molecule has 324 valence electrons. The lowest BCUT2D eigenvalue weighted by Gasteiger charge is -2.42. The van der Waals surface area contributed by atoms with Crippen molar-refractivity contribution in [2.75, 3.05) is 26.4 Å². The first-order valence-electron chi connectivity index (χ1n) is 20.6. The first-order valence-corrected chi connectivity index (χ1v) is 20.6. The SMILES string of the molecule is CC/C=C/C=C/C=C/CCCCCCCC(=O)OC(COC(=O)CCCCCCCCC)CO[C@@H]1O[C@H](CO[C@@H]2O[C@H](CO)[C@H](O)C(O)C2O)[C@H](O)C(O)C1O. The summed E-state index contributed by atoms with van der Waals surface area (Å²) in [6, 6.07) is 0. The number of carbonyl (C=O) groups is 2. The average Bonchev–Trinajstić information content (AvgIpc) is 3.19. The van der Waals surface area contributed by atoms with Crippen LogP contribution >= 0.6 is 0 Å². The van der Waals surface area contributed by atoms with E-state index in [-0.39, 0.29) is 19.4 Å². The largest absolute Gasteiger partial charge is 0.462 e. The van der Waals surface area contributed by atoms with Crippen LogP contribution in [0.5, 0.6) is 0 Å². The summed E-state index contributed by atoms with van der Waals surface area (Å²) in [5, 5.41) is 71.6. The molecule has 2 aliphatic heterocycles. The number of hydrogen-bond donors (Lipinski definition) is 7. The van der Waals surface area contributed by atoms with Crippen molar-refractivity contribution in [3.05, 3.63) is 36.5 Å². The van der Waals surface area contributed by atoms with Gasteiger partial charge >= 0.3 is 11.9 Å². The molecular formula is C41H70O15. The second-order valence-corrected chi connectivity index (χ2v) is 14.5. The molecule has 0 aliphatic carbocycles. The fourth-order valence-electron chi connectivity index (χ4n) is 6.21. The van der Waals surface area contributed by atoms with E-state index in [4.69, 9.17) is 28.4 Å². The fourth-order valence-corrected chi connectivity index (χ4v) is 6.21. The van der Waals surface area contributed by atoms with Gasteiger partial charge in [0.05, 0.1) is 19.8 Å². The second-order valence-electron chi connectivity index (χ2n) is 14.5. The molecule has 0 amide bonds. The number of hydrogen-bond acceptors (Lipinski definition) is 15. The Morgan fingerprint density at radius 2 is 1.12 bits per heavy atom. The number of rotatable bonds is 29. The van der Waals surface area contributed by atoms with Gasteiger partial charge in [-0.05, 0) is 32.1 Å². The second kappa shape index (κ2) is 29.9. The highest BCUT2D eigenvalue weighted by atomic mass is 16.7. The van der Waals surface area contributed by atoms with Gasteiger partial charge in [-0.3, -0.25) is 9.59 Å². The molecule has 7 N–H and O–H groups in total. The maximum atomic E-state index is 12.8. The van der Waals surface area contributed by atoms with Gasteiger partial charge in [0.2, 0.25) is 0 Å². The van der Waals surface area contributed by atoms with E-state index in [1.54, 1.807) is 0 Å². The van der Waals surface area contributed by atoms with Gasteiger partial charge in [0, 0.05) is 12.8 Å². The molecule has 15 nitrogen and oxygen atoms in total. The van der Waals surface area contributed by atoms with Crippen molar-refractivity contribution in [3.8, 4) is 0 Å². The van der Waals surface area contributed by atoms with E-state index < -0.39 is 99.3 Å². The lowest BCUT2D eigenvalue weighted by atomic mass is 9.98. The van der Waals surface area contributed by atoms with E-state index in [1.165, 1.54) is 12.8 Å². The summed E-state index contributed by atoms with van der Waals surface area (Å²) in [7, 11) is 0. The Bertz CT molecular complexity index is 1130. The van der Waals surface area contributed by atoms with Crippen LogP contribution in [-0.2, 0) is 38.0 Å². The van der Waals surface area contributed by atoms with Gasteiger partial charge in [0.1, 0.15) is 55.4 Å². The van der Waals surface area contributed by atoms with E-state index in [9.17, 15) is 45.3 Å². The number of aliphatic hydroxyl groups is 7. The van der Waals surface area contributed by atoms with Gasteiger partial charge in [-0.25, -0.2) is 0 Å². The molecule has 15 heteroatoms. The summed E-state index contributed by atoms with van der Waals surface area (Å²) in [5.74, 6) is -0.961. The molecule has 2 heterocycles. The van der Waals surface area contributed by atoms with Crippen molar-refractivity contribution < 1.29 is 73.8 Å². The summed E-state index contributed by atoms with van der Waals surface area (Å²) in [4.78, 5) is 25.4. The molecule has 5 unspecified atom stereocenters. The van der Waals surface area contributed by atoms with Gasteiger partial charge in [-0.1, -0.05) is 108 Å². The Kier molecular flexibility index (Phi) is 26.6. The molecule has 0 radical (unpaired) electrons. The number of allylic oxidation sites excluding steroid dienone is 6. The molecule has 11 atom stereocenters. The smallest absolute Gasteiger partial charge is 0.306 e. The minimum atomic E-state index is -1.77. The summed E-state index contributed by atoms with van der Waals surface area (Å²) in [6.07, 6.45) is 9.44. The highest BCUT2D eigenvalue weighted by Crippen LogP contribution is 2.26. The van der Waals surface area contributed by atoms with Crippen LogP contribution in [-0.4, -0.2) is 142 Å². The third kappa shape index (κ3) is 19.4. The molecule has 0 saturated carbocycles. The predicted molar refractivity (Wildman–Crippen MR) is 206 cm³/mol. The van der Waals surface area contributed by atoms with Gasteiger partial charge in [-0.15, -0.1) is 0 Å². The molecular weight excluding hydrogens is 732 g/mol. The first-order chi connectivity index (χ1) is 27.0. The van der Waals surface area contributed by atoms with E-state index in [0.29, 0.717) is 12.8 Å². The molecule has 2 aliphatic rings. The molecule has 2 rings (SSSR count). The van der Waals surface area contributed by atoms with Gasteiger partial charge in [0.25, 0.3) is 0 Å². The van der Waals surface area contributed by atoms with E-state index >= 15 is 0 Å². The molecule has 2 fully saturated rings. The average molecular weight is 803 g/mol. The zero-order valence-corrected chi connectivity index (χ0v) is 33.4. The van der Waals surface area contributed by atoms with E-state index in [1.807, 2.05) is 24.3 Å². The van der Waals surface area contributed by atoms with Crippen molar-refractivity contribution in [1.29, 1.82) is 0 Å². The van der Waals surface area contributed by atoms with Gasteiger partial charge in [0.15, 0.2) is 18.7 Å². The number of carbonyl (C=O) groups excluding carboxylic acids is 2. The molecule has 56 heavy (non-hydrogen) atoms. The van der Waals surface area contributed by atoms with E-state index in [0.717, 1.165) is 64.2 Å². The summed E-state index contributed by atoms with van der Waals surface area (Å²) >= 11 is 0. The maximum absolute atomic E-state index is 12.8. The predicted octanol–water partition coefficient (Wildman–Crippen LogP) is 3.03. The molecule has 2 saturated heterocycles. The molecule has 0 spiro atoms. The van der Waals surface area contributed by atoms with Crippen LogP contribution in [0.1, 0.15) is 117 Å². The van der Waals surface area contributed by atoms with E-state index in [2.05, 4.69) is 26.0 Å². The van der Waals surface area contributed by atoms with Crippen LogP contribution in [0.25, 0.3) is 0 Å². The number of ether oxygens (including phenoxy) is 6. The summed E-state index contributed by atoms with van der Waals surface area (Å²) < 4.78 is 33.2. The van der Waals surface area contributed by atoms with Crippen LogP contribution in [0.4, 0.5) is 0 Å². The van der Waals surface area contributed by atoms with Crippen LogP contribution in [0.15, 0.2) is 36.5 Å². The quantitative estimate of drug-likeness (QED) is 0.0328. The fraction of sp³-hybridized carbons (Fsp3) is 0.805. The zero-order valence-electron chi connectivity index (χ0n) is 33.4. The van der Waals surface area contributed by atoms with Gasteiger partial charge < -0.3 is 64.2 Å².